The van der Waals surface area contributed by atoms with Gasteiger partial charge in [-0.1, -0.05) is 13.8 Å². The molecule has 0 saturated carbocycles. The average Bonchev–Trinajstić information content (AvgIpc) is 2.78. The molecule has 0 unspecified atom stereocenters. The molecule has 0 aromatic carbocycles. The molecule has 0 atom stereocenters. The van der Waals surface area contributed by atoms with E-state index >= 15 is 0 Å². The number of aromatic carboxylic acids is 1. The maximum Gasteiger partial charge on any atom is 0.347 e. The summed E-state index contributed by atoms with van der Waals surface area (Å²) in [5.41, 5.74) is 0.674. The quantitative estimate of drug-likeness (QED) is 0.745. The fourth-order valence-electron chi connectivity index (χ4n) is 1.74. The topological polar surface area (TPSA) is 73.7 Å². The van der Waals surface area contributed by atoms with E-state index < -0.39 is 5.97 Å². The minimum atomic E-state index is -0.890. The molecule has 5 nitrogen and oxygen atoms in total. The van der Waals surface area contributed by atoms with E-state index in [1.54, 1.807) is 0 Å². The number of rotatable bonds is 8. The maximum absolute atomic E-state index is 11.0. The number of aliphatic hydroxyl groups excluding tert-OH is 1. The summed E-state index contributed by atoms with van der Waals surface area (Å²) in [6.07, 6.45) is 1.38. The molecule has 1 aromatic rings. The van der Waals surface area contributed by atoms with Crippen LogP contribution in [0.5, 0.6) is 0 Å². The van der Waals surface area contributed by atoms with Crippen LogP contribution in [0.3, 0.4) is 0 Å². The van der Waals surface area contributed by atoms with Crippen molar-refractivity contribution < 1.29 is 15.0 Å². The van der Waals surface area contributed by atoms with E-state index in [4.69, 9.17) is 10.2 Å². The van der Waals surface area contributed by atoms with E-state index in [1.165, 1.54) is 11.3 Å². The van der Waals surface area contributed by atoms with Gasteiger partial charge in [0.15, 0.2) is 0 Å². The SMILES string of the molecule is CCc1nc(CCN(CC)CCO)sc1C(=O)O. The van der Waals surface area contributed by atoms with Gasteiger partial charge in [0.25, 0.3) is 0 Å². The number of carbonyl (C=O) groups is 1. The maximum atomic E-state index is 11.0. The van der Waals surface area contributed by atoms with Crippen LogP contribution in [0.15, 0.2) is 0 Å². The molecule has 0 amide bonds. The number of aliphatic hydroxyl groups is 1. The molecule has 1 heterocycles. The van der Waals surface area contributed by atoms with Gasteiger partial charge in [-0.2, -0.15) is 0 Å². The zero-order valence-corrected chi connectivity index (χ0v) is 11.7. The lowest BCUT2D eigenvalue weighted by Gasteiger charge is -2.17. The normalized spacial score (nSPS) is 11.1. The van der Waals surface area contributed by atoms with Crippen LogP contribution in [0.2, 0.25) is 0 Å². The second-order valence-corrected chi connectivity index (χ2v) is 5.03. The summed E-state index contributed by atoms with van der Waals surface area (Å²) in [5, 5.41) is 18.8. The van der Waals surface area contributed by atoms with Crippen LogP contribution in [-0.4, -0.2) is 52.3 Å². The molecule has 0 saturated heterocycles. The first-order valence-corrected chi connectivity index (χ1v) is 6.99. The van der Waals surface area contributed by atoms with Crippen molar-refractivity contribution in [3.63, 3.8) is 0 Å². The molecular formula is C12H20N2O3S. The molecule has 0 bridgehead atoms. The number of aryl methyl sites for hydroxylation is 1. The predicted octanol–water partition coefficient (Wildman–Crippen LogP) is 1.26. The summed E-state index contributed by atoms with van der Waals surface area (Å²) in [6.45, 7) is 6.42. The van der Waals surface area contributed by atoms with Crippen LogP contribution in [0, 0.1) is 0 Å². The van der Waals surface area contributed by atoms with E-state index in [2.05, 4.69) is 9.88 Å². The molecule has 102 valence electrons. The number of likely N-dealkylation sites (N-methyl/N-ethyl adjacent to an activating group) is 1. The minimum Gasteiger partial charge on any atom is -0.477 e. The first-order valence-electron chi connectivity index (χ1n) is 6.17. The fraction of sp³-hybridized carbons (Fsp3) is 0.667. The van der Waals surface area contributed by atoms with E-state index in [0.717, 1.165) is 24.5 Å². The van der Waals surface area contributed by atoms with Crippen molar-refractivity contribution in [2.75, 3.05) is 26.2 Å². The zero-order chi connectivity index (χ0) is 13.5. The third-order valence-electron chi connectivity index (χ3n) is 2.78. The second kappa shape index (κ2) is 7.45. The molecule has 6 heteroatoms. The number of hydrogen-bond donors (Lipinski definition) is 2. The Bertz CT molecular complexity index is 393. The molecule has 0 radical (unpaired) electrons. The van der Waals surface area contributed by atoms with Crippen LogP contribution in [0.4, 0.5) is 0 Å². The predicted molar refractivity (Wildman–Crippen MR) is 71.4 cm³/mol. The van der Waals surface area contributed by atoms with Gasteiger partial charge in [-0.25, -0.2) is 9.78 Å². The van der Waals surface area contributed by atoms with Gasteiger partial charge >= 0.3 is 5.97 Å². The Kier molecular flexibility index (Phi) is 6.24. The van der Waals surface area contributed by atoms with Crippen molar-refractivity contribution in [3.05, 3.63) is 15.6 Å². The Morgan fingerprint density at radius 2 is 2.11 bits per heavy atom. The Balaban J connectivity index is 2.64. The van der Waals surface area contributed by atoms with E-state index in [1.807, 2.05) is 13.8 Å². The number of carboxylic acid groups (broad SMARTS) is 1. The standard InChI is InChI=1S/C12H20N2O3S/c1-3-9-11(12(16)17)18-10(13-9)5-6-14(4-2)7-8-15/h15H,3-8H2,1-2H3,(H,16,17). The third-order valence-corrected chi connectivity index (χ3v) is 3.92. The van der Waals surface area contributed by atoms with Crippen molar-refractivity contribution in [3.8, 4) is 0 Å². The van der Waals surface area contributed by atoms with Gasteiger partial charge in [-0.3, -0.25) is 0 Å². The Labute approximate surface area is 111 Å². The highest BCUT2D eigenvalue weighted by Gasteiger charge is 2.16. The lowest BCUT2D eigenvalue weighted by atomic mass is 10.3. The number of thiazole rings is 1. The van der Waals surface area contributed by atoms with Crippen LogP contribution in [-0.2, 0) is 12.8 Å². The third kappa shape index (κ3) is 4.04. The number of nitrogens with zero attached hydrogens (tertiary/aromatic N) is 2. The lowest BCUT2D eigenvalue weighted by molar-refractivity contribution is 0.0701. The molecule has 0 fully saturated rings. The molecule has 0 aliphatic heterocycles. The Morgan fingerprint density at radius 3 is 2.56 bits per heavy atom. The van der Waals surface area contributed by atoms with Crippen LogP contribution < -0.4 is 0 Å². The molecular weight excluding hydrogens is 252 g/mol. The van der Waals surface area contributed by atoms with Gasteiger partial charge in [0.2, 0.25) is 0 Å². The van der Waals surface area contributed by atoms with Crippen LogP contribution >= 0.6 is 11.3 Å². The number of hydrogen-bond acceptors (Lipinski definition) is 5. The highest BCUT2D eigenvalue weighted by Crippen LogP contribution is 2.20. The first-order chi connectivity index (χ1) is 8.62. The van der Waals surface area contributed by atoms with Crippen molar-refractivity contribution in [1.82, 2.24) is 9.88 Å². The highest BCUT2D eigenvalue weighted by atomic mass is 32.1. The zero-order valence-electron chi connectivity index (χ0n) is 10.8. The van der Waals surface area contributed by atoms with Crippen molar-refractivity contribution in [1.29, 1.82) is 0 Å². The van der Waals surface area contributed by atoms with Gasteiger partial charge < -0.3 is 15.1 Å². The van der Waals surface area contributed by atoms with E-state index in [-0.39, 0.29) is 6.61 Å². The van der Waals surface area contributed by atoms with E-state index in [0.29, 0.717) is 23.5 Å². The Hall–Kier alpha value is -0.980. The van der Waals surface area contributed by atoms with Gasteiger partial charge in [0.1, 0.15) is 4.88 Å². The largest absolute Gasteiger partial charge is 0.477 e. The molecule has 1 aromatic heterocycles. The van der Waals surface area contributed by atoms with Crippen molar-refractivity contribution >= 4 is 17.3 Å². The lowest BCUT2D eigenvalue weighted by Crippen LogP contribution is -2.28. The minimum absolute atomic E-state index is 0.145. The average molecular weight is 272 g/mol. The summed E-state index contributed by atoms with van der Waals surface area (Å²) in [7, 11) is 0. The second-order valence-electron chi connectivity index (χ2n) is 3.95. The molecule has 1 rings (SSSR count). The molecule has 0 spiro atoms. The number of aromatic nitrogens is 1. The molecule has 0 aliphatic carbocycles. The van der Waals surface area contributed by atoms with Gasteiger partial charge in [-0.15, -0.1) is 11.3 Å². The summed E-state index contributed by atoms with van der Waals surface area (Å²) in [4.78, 5) is 17.9. The van der Waals surface area contributed by atoms with Gasteiger partial charge in [0.05, 0.1) is 17.3 Å². The van der Waals surface area contributed by atoms with Crippen LogP contribution in [0.1, 0.15) is 34.2 Å². The van der Waals surface area contributed by atoms with E-state index in [9.17, 15) is 4.79 Å². The van der Waals surface area contributed by atoms with Crippen molar-refractivity contribution in [2.45, 2.75) is 26.7 Å². The monoisotopic (exact) mass is 272 g/mol. The molecule has 0 aliphatic rings. The van der Waals surface area contributed by atoms with Gasteiger partial charge in [0, 0.05) is 19.5 Å². The molecule has 2 N–H and O–H groups in total. The number of carboxylic acids is 1. The highest BCUT2D eigenvalue weighted by molar-refractivity contribution is 7.13. The fourth-order valence-corrected chi connectivity index (χ4v) is 2.72. The summed E-state index contributed by atoms with van der Waals surface area (Å²) in [5.74, 6) is -0.890. The first kappa shape index (κ1) is 15.1. The summed E-state index contributed by atoms with van der Waals surface area (Å²) < 4.78 is 0. The smallest absolute Gasteiger partial charge is 0.347 e. The summed E-state index contributed by atoms with van der Waals surface area (Å²) >= 11 is 1.26. The Morgan fingerprint density at radius 1 is 1.39 bits per heavy atom. The van der Waals surface area contributed by atoms with Crippen molar-refractivity contribution in [2.24, 2.45) is 0 Å². The molecule has 18 heavy (non-hydrogen) atoms. The van der Waals surface area contributed by atoms with Crippen LogP contribution in [0.25, 0.3) is 0 Å². The van der Waals surface area contributed by atoms with Gasteiger partial charge in [-0.05, 0) is 13.0 Å². The summed E-state index contributed by atoms with van der Waals surface area (Å²) in [6, 6.07) is 0.